The first-order valence-electron chi connectivity index (χ1n) is 9.79. The van der Waals surface area contributed by atoms with E-state index in [1.807, 2.05) is 25.7 Å². The topological polar surface area (TPSA) is 49.4 Å². The molecule has 1 heterocycles. The number of hydrogen-bond acceptors (Lipinski definition) is 2. The zero-order valence-corrected chi connectivity index (χ0v) is 17.1. The highest BCUT2D eigenvalue weighted by atomic mass is 16.2. The van der Waals surface area contributed by atoms with Crippen molar-refractivity contribution in [1.29, 1.82) is 0 Å². The molecule has 0 radical (unpaired) electrons. The number of benzene rings is 1. The third kappa shape index (κ3) is 5.09. The molecule has 4 heteroatoms. The molecule has 2 amide bonds. The summed E-state index contributed by atoms with van der Waals surface area (Å²) in [5.41, 5.74) is 2.55. The van der Waals surface area contributed by atoms with Crippen molar-refractivity contribution in [1.82, 2.24) is 10.2 Å². The number of carbonyl (C=O) groups excluding carboxylic acids is 2. The predicted octanol–water partition coefficient (Wildman–Crippen LogP) is 4.06. The first kappa shape index (κ1) is 20.5. The third-order valence-corrected chi connectivity index (χ3v) is 5.31. The molecule has 0 spiro atoms. The van der Waals surface area contributed by atoms with E-state index in [0.717, 1.165) is 18.4 Å². The fourth-order valence-electron chi connectivity index (χ4n) is 3.41. The van der Waals surface area contributed by atoms with Crippen LogP contribution in [0.4, 0.5) is 0 Å². The Morgan fingerprint density at radius 2 is 1.58 bits per heavy atom. The molecule has 2 rings (SSSR count). The minimum atomic E-state index is -0.00755. The van der Waals surface area contributed by atoms with Gasteiger partial charge in [-0.3, -0.25) is 9.59 Å². The number of nitrogens with one attached hydrogen (secondary N) is 1. The number of rotatable bonds is 4. The standard InChI is InChI=1S/C22H34N2O2/c1-15(2)21(26)24-13-11-18(12-14-24)20(25)23-16(3)17-7-9-19(10-8-17)22(4,5)6/h7-10,15-16,18H,11-14H2,1-6H3,(H,23,25). The van der Waals surface area contributed by atoms with Crippen molar-refractivity contribution in [3.8, 4) is 0 Å². The summed E-state index contributed by atoms with van der Waals surface area (Å²) in [5, 5.41) is 3.15. The number of piperidine rings is 1. The van der Waals surface area contributed by atoms with Crippen LogP contribution >= 0.6 is 0 Å². The second-order valence-electron chi connectivity index (χ2n) is 8.86. The lowest BCUT2D eigenvalue weighted by Gasteiger charge is -2.33. The van der Waals surface area contributed by atoms with Gasteiger partial charge >= 0.3 is 0 Å². The van der Waals surface area contributed by atoms with Crippen LogP contribution in [0, 0.1) is 11.8 Å². The van der Waals surface area contributed by atoms with Gasteiger partial charge in [0.1, 0.15) is 0 Å². The van der Waals surface area contributed by atoms with E-state index in [9.17, 15) is 9.59 Å². The maximum atomic E-state index is 12.6. The second-order valence-corrected chi connectivity index (χ2v) is 8.86. The Hall–Kier alpha value is -1.84. The zero-order chi connectivity index (χ0) is 19.5. The molecule has 1 atom stereocenters. The Morgan fingerprint density at radius 1 is 1.04 bits per heavy atom. The van der Waals surface area contributed by atoms with Gasteiger partial charge in [0.05, 0.1) is 6.04 Å². The SMILES string of the molecule is CC(C)C(=O)N1CCC(C(=O)NC(C)c2ccc(C(C)(C)C)cc2)CC1. The molecule has 1 aliphatic rings. The van der Waals surface area contributed by atoms with Gasteiger partial charge < -0.3 is 10.2 Å². The van der Waals surface area contributed by atoms with Crippen LogP contribution in [0.15, 0.2) is 24.3 Å². The minimum Gasteiger partial charge on any atom is -0.349 e. The number of likely N-dealkylation sites (tertiary alicyclic amines) is 1. The van der Waals surface area contributed by atoms with Crippen LogP contribution in [-0.4, -0.2) is 29.8 Å². The third-order valence-electron chi connectivity index (χ3n) is 5.31. The molecule has 1 aliphatic heterocycles. The van der Waals surface area contributed by atoms with E-state index >= 15 is 0 Å². The van der Waals surface area contributed by atoms with Crippen molar-refractivity contribution in [3.63, 3.8) is 0 Å². The van der Waals surface area contributed by atoms with Crippen molar-refractivity contribution in [2.75, 3.05) is 13.1 Å². The fourth-order valence-corrected chi connectivity index (χ4v) is 3.41. The lowest BCUT2D eigenvalue weighted by Crippen LogP contribution is -2.44. The summed E-state index contributed by atoms with van der Waals surface area (Å²) in [6.07, 6.45) is 1.50. The number of nitrogens with zero attached hydrogens (tertiary/aromatic N) is 1. The molecule has 0 bridgehead atoms. The van der Waals surface area contributed by atoms with Gasteiger partial charge in [0.15, 0.2) is 0 Å². The Morgan fingerprint density at radius 3 is 2.04 bits per heavy atom. The predicted molar refractivity (Wildman–Crippen MR) is 106 cm³/mol. The monoisotopic (exact) mass is 358 g/mol. The van der Waals surface area contributed by atoms with E-state index in [1.54, 1.807) is 0 Å². The van der Waals surface area contributed by atoms with E-state index in [2.05, 4.69) is 50.4 Å². The van der Waals surface area contributed by atoms with Gasteiger partial charge in [-0.15, -0.1) is 0 Å². The Balaban J connectivity index is 1.89. The molecule has 26 heavy (non-hydrogen) atoms. The van der Waals surface area contributed by atoms with Crippen LogP contribution in [-0.2, 0) is 15.0 Å². The summed E-state index contributed by atoms with van der Waals surface area (Å²) in [6, 6.07) is 8.50. The summed E-state index contributed by atoms with van der Waals surface area (Å²) in [5.74, 6) is 0.323. The molecular formula is C22H34N2O2. The van der Waals surface area contributed by atoms with Gasteiger partial charge in [-0.05, 0) is 36.3 Å². The van der Waals surface area contributed by atoms with Crippen LogP contribution < -0.4 is 5.32 Å². The van der Waals surface area contributed by atoms with Crippen molar-refractivity contribution in [2.45, 2.75) is 65.8 Å². The second kappa shape index (κ2) is 8.24. The van der Waals surface area contributed by atoms with Gasteiger partial charge in [0, 0.05) is 24.9 Å². The summed E-state index contributed by atoms with van der Waals surface area (Å²) < 4.78 is 0. The number of carbonyl (C=O) groups is 2. The molecule has 1 aromatic rings. The molecule has 1 unspecified atom stereocenters. The molecule has 4 nitrogen and oxygen atoms in total. The Labute approximate surface area is 158 Å². The molecule has 144 valence electrons. The summed E-state index contributed by atoms with van der Waals surface area (Å²) in [6.45, 7) is 13.8. The largest absolute Gasteiger partial charge is 0.349 e. The normalized spacial score (nSPS) is 17.3. The summed E-state index contributed by atoms with van der Waals surface area (Å²) in [7, 11) is 0. The Bertz CT molecular complexity index is 621. The van der Waals surface area contributed by atoms with E-state index in [-0.39, 0.29) is 35.1 Å². The van der Waals surface area contributed by atoms with Gasteiger partial charge in [-0.1, -0.05) is 58.9 Å². The van der Waals surface area contributed by atoms with E-state index in [0.29, 0.717) is 13.1 Å². The molecule has 0 aliphatic carbocycles. The fraction of sp³-hybridized carbons (Fsp3) is 0.636. The summed E-state index contributed by atoms with van der Waals surface area (Å²) in [4.78, 5) is 26.6. The Kier molecular flexibility index (Phi) is 6.48. The van der Waals surface area contributed by atoms with Crippen LogP contribution in [0.3, 0.4) is 0 Å². The van der Waals surface area contributed by atoms with E-state index in [4.69, 9.17) is 0 Å². The summed E-state index contributed by atoms with van der Waals surface area (Å²) >= 11 is 0. The van der Waals surface area contributed by atoms with Crippen LogP contribution in [0.1, 0.15) is 71.6 Å². The van der Waals surface area contributed by atoms with Crippen molar-refractivity contribution < 1.29 is 9.59 Å². The maximum Gasteiger partial charge on any atom is 0.225 e. The van der Waals surface area contributed by atoms with Gasteiger partial charge in [-0.2, -0.15) is 0 Å². The van der Waals surface area contributed by atoms with E-state index in [1.165, 1.54) is 5.56 Å². The molecule has 0 saturated carbocycles. The van der Waals surface area contributed by atoms with E-state index < -0.39 is 0 Å². The molecule has 1 aromatic carbocycles. The molecule has 1 fully saturated rings. The van der Waals surface area contributed by atoms with Crippen molar-refractivity contribution in [2.24, 2.45) is 11.8 Å². The molecule has 0 aromatic heterocycles. The first-order valence-corrected chi connectivity index (χ1v) is 9.79. The average molecular weight is 359 g/mol. The quantitative estimate of drug-likeness (QED) is 0.882. The van der Waals surface area contributed by atoms with Gasteiger partial charge in [0.25, 0.3) is 0 Å². The highest BCUT2D eigenvalue weighted by Gasteiger charge is 2.28. The first-order chi connectivity index (χ1) is 12.1. The lowest BCUT2D eigenvalue weighted by atomic mass is 9.86. The minimum absolute atomic E-state index is 0.00232. The molecule has 1 saturated heterocycles. The smallest absolute Gasteiger partial charge is 0.225 e. The van der Waals surface area contributed by atoms with Crippen molar-refractivity contribution >= 4 is 11.8 Å². The van der Waals surface area contributed by atoms with Crippen LogP contribution in [0.2, 0.25) is 0 Å². The van der Waals surface area contributed by atoms with Gasteiger partial charge in [0.2, 0.25) is 11.8 Å². The highest BCUT2D eigenvalue weighted by Crippen LogP contribution is 2.25. The lowest BCUT2D eigenvalue weighted by molar-refractivity contribution is -0.138. The highest BCUT2D eigenvalue weighted by molar-refractivity contribution is 5.81. The average Bonchev–Trinajstić information content (AvgIpc) is 2.60. The van der Waals surface area contributed by atoms with Crippen molar-refractivity contribution in [3.05, 3.63) is 35.4 Å². The molecule has 1 N–H and O–H groups in total. The molecular weight excluding hydrogens is 324 g/mol. The number of hydrogen-bond donors (Lipinski definition) is 1. The maximum absolute atomic E-state index is 12.6. The van der Waals surface area contributed by atoms with Crippen LogP contribution in [0.25, 0.3) is 0 Å². The van der Waals surface area contributed by atoms with Gasteiger partial charge in [-0.25, -0.2) is 0 Å². The zero-order valence-electron chi connectivity index (χ0n) is 17.1. The number of amides is 2. The van der Waals surface area contributed by atoms with Crippen LogP contribution in [0.5, 0.6) is 0 Å².